The zero-order chi connectivity index (χ0) is 20.1. The van der Waals surface area contributed by atoms with Crippen LogP contribution >= 0.6 is 0 Å². The molecule has 4 nitrogen and oxygen atoms in total. The number of carbonyl (C=O) groups excluding carboxylic acids is 1. The highest BCUT2D eigenvalue weighted by molar-refractivity contribution is 6.04. The lowest BCUT2D eigenvalue weighted by Gasteiger charge is -2.10. The number of anilines is 1. The van der Waals surface area contributed by atoms with Gasteiger partial charge < -0.3 is 14.8 Å². The first-order valence-electron chi connectivity index (χ1n) is 8.26. The Labute approximate surface area is 159 Å². The van der Waals surface area contributed by atoms with E-state index in [9.17, 15) is 18.0 Å². The summed E-state index contributed by atoms with van der Waals surface area (Å²) in [4.78, 5) is 12.3. The molecule has 0 radical (unpaired) electrons. The van der Waals surface area contributed by atoms with Gasteiger partial charge in [0, 0.05) is 11.3 Å². The van der Waals surface area contributed by atoms with Crippen molar-refractivity contribution in [3.63, 3.8) is 0 Å². The monoisotopic (exact) mass is 387 g/mol. The molecule has 144 valence electrons. The molecule has 0 aliphatic rings. The van der Waals surface area contributed by atoms with Crippen LogP contribution in [0.5, 0.6) is 17.2 Å². The summed E-state index contributed by atoms with van der Waals surface area (Å²) in [7, 11) is 1.57. The van der Waals surface area contributed by atoms with Crippen LogP contribution in [0.1, 0.15) is 15.9 Å². The molecule has 3 aromatic rings. The normalized spacial score (nSPS) is 11.0. The largest absolute Gasteiger partial charge is 0.497 e. The number of halogens is 3. The highest BCUT2D eigenvalue weighted by Gasteiger charge is 2.30. The van der Waals surface area contributed by atoms with Crippen LogP contribution in [0.2, 0.25) is 0 Å². The van der Waals surface area contributed by atoms with Gasteiger partial charge in [-0.15, -0.1) is 0 Å². The van der Waals surface area contributed by atoms with Crippen molar-refractivity contribution in [2.75, 3.05) is 12.4 Å². The Morgan fingerprint density at radius 3 is 2.00 bits per heavy atom. The number of hydrogen-bond acceptors (Lipinski definition) is 3. The van der Waals surface area contributed by atoms with Crippen molar-refractivity contribution in [1.29, 1.82) is 0 Å². The number of hydrogen-bond donors (Lipinski definition) is 1. The predicted octanol–water partition coefficient (Wildman–Crippen LogP) is 5.76. The van der Waals surface area contributed by atoms with Gasteiger partial charge in [0.15, 0.2) is 0 Å². The second-order valence-electron chi connectivity index (χ2n) is 5.83. The molecule has 0 aliphatic heterocycles. The van der Waals surface area contributed by atoms with Gasteiger partial charge in [0.25, 0.3) is 5.91 Å². The third-order valence-electron chi connectivity index (χ3n) is 3.86. The SMILES string of the molecule is COc1ccc(Oc2ccc(C(=O)Nc3cccc(C(F)(F)F)c3)cc2)cc1. The fraction of sp³-hybridized carbons (Fsp3) is 0.0952. The molecule has 1 amide bonds. The molecule has 0 saturated heterocycles. The smallest absolute Gasteiger partial charge is 0.416 e. The Kier molecular flexibility index (Phi) is 5.54. The molecule has 0 spiro atoms. The summed E-state index contributed by atoms with van der Waals surface area (Å²) in [6.45, 7) is 0. The van der Waals surface area contributed by atoms with Gasteiger partial charge in [-0.1, -0.05) is 6.07 Å². The van der Waals surface area contributed by atoms with Crippen molar-refractivity contribution in [3.05, 3.63) is 83.9 Å². The Balaban J connectivity index is 1.66. The molecule has 7 heteroatoms. The highest BCUT2D eigenvalue weighted by Crippen LogP contribution is 2.31. The third kappa shape index (κ3) is 4.82. The number of nitrogens with one attached hydrogen (secondary N) is 1. The van der Waals surface area contributed by atoms with Gasteiger partial charge >= 0.3 is 6.18 Å². The summed E-state index contributed by atoms with van der Waals surface area (Å²) in [6, 6.07) is 17.7. The van der Waals surface area contributed by atoms with Gasteiger partial charge in [0.2, 0.25) is 0 Å². The van der Waals surface area contributed by atoms with Gasteiger partial charge in [-0.25, -0.2) is 0 Å². The van der Waals surface area contributed by atoms with Gasteiger partial charge in [0.1, 0.15) is 17.2 Å². The summed E-state index contributed by atoms with van der Waals surface area (Å²) in [5.74, 6) is 1.30. The number of amides is 1. The summed E-state index contributed by atoms with van der Waals surface area (Å²) in [6.07, 6.45) is -4.47. The summed E-state index contributed by atoms with van der Waals surface area (Å²) < 4.78 is 49.0. The van der Waals surface area contributed by atoms with Crippen molar-refractivity contribution in [3.8, 4) is 17.2 Å². The van der Waals surface area contributed by atoms with E-state index in [0.29, 0.717) is 22.8 Å². The number of rotatable bonds is 5. The van der Waals surface area contributed by atoms with Crippen molar-refractivity contribution in [2.24, 2.45) is 0 Å². The number of alkyl halides is 3. The molecule has 0 saturated carbocycles. The lowest BCUT2D eigenvalue weighted by Crippen LogP contribution is -2.13. The molecular formula is C21H16F3NO3. The number of methoxy groups -OCH3 is 1. The molecule has 0 aliphatic carbocycles. The van der Waals surface area contributed by atoms with Gasteiger partial charge in [0.05, 0.1) is 12.7 Å². The first-order chi connectivity index (χ1) is 13.3. The number of ether oxygens (including phenoxy) is 2. The molecule has 3 rings (SSSR count). The first kappa shape index (κ1) is 19.3. The molecule has 3 aromatic carbocycles. The molecular weight excluding hydrogens is 371 g/mol. The molecule has 28 heavy (non-hydrogen) atoms. The van der Waals surface area contributed by atoms with Crippen LogP contribution in [0.3, 0.4) is 0 Å². The van der Waals surface area contributed by atoms with Crippen molar-refractivity contribution in [2.45, 2.75) is 6.18 Å². The maximum Gasteiger partial charge on any atom is 0.416 e. The maximum absolute atomic E-state index is 12.8. The molecule has 0 atom stereocenters. The minimum Gasteiger partial charge on any atom is -0.497 e. The van der Waals surface area contributed by atoms with Crippen molar-refractivity contribution in [1.82, 2.24) is 0 Å². The van der Waals surface area contributed by atoms with E-state index >= 15 is 0 Å². The van der Waals surface area contributed by atoms with E-state index in [2.05, 4.69) is 5.32 Å². The fourth-order valence-corrected chi connectivity index (χ4v) is 2.43. The molecule has 0 fully saturated rings. The van der Waals surface area contributed by atoms with E-state index in [-0.39, 0.29) is 5.69 Å². The lowest BCUT2D eigenvalue weighted by atomic mass is 10.1. The van der Waals surface area contributed by atoms with Gasteiger partial charge in [-0.3, -0.25) is 4.79 Å². The van der Waals surface area contributed by atoms with Crippen LogP contribution in [0.15, 0.2) is 72.8 Å². The Bertz CT molecular complexity index is 952. The van der Waals surface area contributed by atoms with Crippen molar-refractivity contribution >= 4 is 11.6 Å². The Morgan fingerprint density at radius 2 is 1.43 bits per heavy atom. The van der Waals surface area contributed by atoms with E-state index in [1.54, 1.807) is 43.5 Å². The van der Waals surface area contributed by atoms with Crippen molar-refractivity contribution < 1.29 is 27.4 Å². The maximum atomic E-state index is 12.8. The number of carbonyl (C=O) groups is 1. The van der Waals surface area contributed by atoms with E-state index in [1.165, 1.54) is 24.3 Å². The van der Waals surface area contributed by atoms with E-state index in [1.807, 2.05) is 0 Å². The average Bonchev–Trinajstić information content (AvgIpc) is 2.69. The molecule has 0 unspecified atom stereocenters. The van der Waals surface area contributed by atoms with E-state index in [0.717, 1.165) is 12.1 Å². The summed E-state index contributed by atoms with van der Waals surface area (Å²) in [5.41, 5.74) is -0.466. The van der Waals surface area contributed by atoms with E-state index in [4.69, 9.17) is 9.47 Å². The van der Waals surface area contributed by atoms with Gasteiger partial charge in [-0.2, -0.15) is 13.2 Å². The third-order valence-corrected chi connectivity index (χ3v) is 3.86. The summed E-state index contributed by atoms with van der Waals surface area (Å²) >= 11 is 0. The standard InChI is InChI=1S/C21H16F3NO3/c1-27-17-9-11-19(12-10-17)28-18-7-5-14(6-8-18)20(26)25-16-4-2-3-15(13-16)21(22,23)24/h2-13H,1H3,(H,25,26). The number of benzene rings is 3. The molecule has 1 N–H and O–H groups in total. The van der Waals surface area contributed by atoms with Crippen LogP contribution < -0.4 is 14.8 Å². The zero-order valence-corrected chi connectivity index (χ0v) is 14.8. The minimum absolute atomic E-state index is 0.0679. The quantitative estimate of drug-likeness (QED) is 0.606. The van der Waals surface area contributed by atoms with Crippen LogP contribution in [0.25, 0.3) is 0 Å². The van der Waals surface area contributed by atoms with Crippen LogP contribution in [-0.4, -0.2) is 13.0 Å². The van der Waals surface area contributed by atoms with Crippen LogP contribution in [0.4, 0.5) is 18.9 Å². The molecule has 0 aromatic heterocycles. The molecule has 0 heterocycles. The zero-order valence-electron chi connectivity index (χ0n) is 14.8. The van der Waals surface area contributed by atoms with E-state index < -0.39 is 17.6 Å². The van der Waals surface area contributed by atoms with Gasteiger partial charge in [-0.05, 0) is 66.7 Å². The molecule has 0 bridgehead atoms. The minimum atomic E-state index is -4.47. The second kappa shape index (κ2) is 8.04. The summed E-state index contributed by atoms with van der Waals surface area (Å²) in [5, 5.41) is 2.46. The van der Waals surface area contributed by atoms with Crippen LogP contribution in [0, 0.1) is 0 Å². The topological polar surface area (TPSA) is 47.6 Å². The lowest BCUT2D eigenvalue weighted by molar-refractivity contribution is -0.137. The average molecular weight is 387 g/mol. The highest BCUT2D eigenvalue weighted by atomic mass is 19.4. The Morgan fingerprint density at radius 1 is 0.857 bits per heavy atom. The Hall–Kier alpha value is -3.48. The predicted molar refractivity (Wildman–Crippen MR) is 98.9 cm³/mol. The van der Waals surface area contributed by atoms with Crippen LogP contribution in [-0.2, 0) is 6.18 Å². The second-order valence-corrected chi connectivity index (χ2v) is 5.83. The fourth-order valence-electron chi connectivity index (χ4n) is 2.43. The first-order valence-corrected chi connectivity index (χ1v) is 8.26.